The third kappa shape index (κ3) is 8.82. The topological polar surface area (TPSA) is 59.9 Å². The third-order valence-corrected chi connectivity index (χ3v) is 4.15. The van der Waals surface area contributed by atoms with Crippen LogP contribution in [0.1, 0.15) is 31.7 Å². The number of benzene rings is 1. The highest BCUT2D eigenvalue weighted by Gasteiger charge is 2.15. The summed E-state index contributed by atoms with van der Waals surface area (Å²) in [6.45, 7) is 7.11. The van der Waals surface area contributed by atoms with Gasteiger partial charge in [0.1, 0.15) is 5.82 Å². The number of hydrogen-bond acceptors (Lipinski definition) is 3. The first kappa shape index (κ1) is 22.1. The van der Waals surface area contributed by atoms with Gasteiger partial charge in [0.25, 0.3) is 0 Å². The van der Waals surface area contributed by atoms with E-state index in [2.05, 4.69) is 20.5 Å². The van der Waals surface area contributed by atoms with Crippen molar-refractivity contribution in [3.63, 3.8) is 0 Å². The minimum Gasteiger partial charge on any atom is -0.393 e. The molecule has 0 saturated carbocycles. The van der Waals surface area contributed by atoms with Gasteiger partial charge >= 0.3 is 0 Å². The van der Waals surface area contributed by atoms with Gasteiger partial charge in [0.2, 0.25) is 0 Å². The van der Waals surface area contributed by atoms with Crippen molar-refractivity contribution in [3.05, 3.63) is 35.6 Å². The van der Waals surface area contributed by atoms with Crippen LogP contribution in [0, 0.1) is 5.82 Å². The molecule has 0 bridgehead atoms. The molecule has 7 heteroatoms. The van der Waals surface area contributed by atoms with E-state index in [0.29, 0.717) is 6.54 Å². The summed E-state index contributed by atoms with van der Waals surface area (Å²) in [4.78, 5) is 6.89. The Kier molecular flexibility index (Phi) is 11.0. The Labute approximate surface area is 167 Å². The van der Waals surface area contributed by atoms with Crippen LogP contribution in [0.4, 0.5) is 4.39 Å². The van der Waals surface area contributed by atoms with Gasteiger partial charge in [0.05, 0.1) is 12.6 Å². The number of piperidine rings is 1. The number of aliphatic imine (C=N–C) groups is 1. The number of hydrogen-bond donors (Lipinski definition) is 3. The second-order valence-corrected chi connectivity index (χ2v) is 6.18. The van der Waals surface area contributed by atoms with Crippen molar-refractivity contribution < 1.29 is 9.50 Å². The van der Waals surface area contributed by atoms with Crippen LogP contribution in [0.25, 0.3) is 0 Å². The van der Waals surface area contributed by atoms with Gasteiger partial charge in [-0.05, 0) is 50.4 Å². The molecule has 2 rings (SSSR count). The summed E-state index contributed by atoms with van der Waals surface area (Å²) in [6, 6.07) is 6.53. The van der Waals surface area contributed by atoms with Gasteiger partial charge in [-0.25, -0.2) is 9.38 Å². The standard InChI is InChI=1S/C18H29FN4O.HI/c1-2-20-18(22-14-15-5-3-6-16(19)13-15)21-9-4-10-23-11-7-17(24)8-12-23;/h3,5-6,13,17,24H,2,4,7-12,14H2,1H3,(H2,20,21,22);1H. The van der Waals surface area contributed by atoms with E-state index in [1.165, 1.54) is 12.1 Å². The zero-order chi connectivity index (χ0) is 17.2. The lowest BCUT2D eigenvalue weighted by molar-refractivity contribution is 0.0823. The normalized spacial score (nSPS) is 16.4. The van der Waals surface area contributed by atoms with Crippen molar-refractivity contribution >= 4 is 29.9 Å². The van der Waals surface area contributed by atoms with Gasteiger partial charge in [0.15, 0.2) is 5.96 Å². The first-order valence-electron chi connectivity index (χ1n) is 8.84. The molecule has 1 saturated heterocycles. The van der Waals surface area contributed by atoms with Gasteiger partial charge in [-0.1, -0.05) is 12.1 Å². The van der Waals surface area contributed by atoms with E-state index in [1.54, 1.807) is 6.07 Å². The molecule has 0 atom stereocenters. The smallest absolute Gasteiger partial charge is 0.191 e. The van der Waals surface area contributed by atoms with Gasteiger partial charge in [-0.2, -0.15) is 0 Å². The molecule has 0 radical (unpaired) electrons. The Morgan fingerprint density at radius 1 is 1.32 bits per heavy atom. The minimum atomic E-state index is -0.229. The number of guanidine groups is 1. The monoisotopic (exact) mass is 464 g/mol. The predicted molar refractivity (Wildman–Crippen MR) is 111 cm³/mol. The lowest BCUT2D eigenvalue weighted by atomic mass is 10.1. The number of aliphatic hydroxyl groups excluding tert-OH is 1. The molecule has 0 amide bonds. The summed E-state index contributed by atoms with van der Waals surface area (Å²) < 4.78 is 13.2. The summed E-state index contributed by atoms with van der Waals surface area (Å²) in [5.74, 6) is 0.531. The van der Waals surface area contributed by atoms with Crippen LogP contribution in [0.3, 0.4) is 0 Å². The van der Waals surface area contributed by atoms with Crippen LogP contribution in [0.15, 0.2) is 29.3 Å². The quantitative estimate of drug-likeness (QED) is 0.251. The number of aliphatic hydroxyl groups is 1. The number of likely N-dealkylation sites (tertiary alicyclic amines) is 1. The number of nitrogens with zero attached hydrogens (tertiary/aromatic N) is 2. The lowest BCUT2D eigenvalue weighted by Gasteiger charge is -2.29. The number of nitrogens with one attached hydrogen (secondary N) is 2. The zero-order valence-corrected chi connectivity index (χ0v) is 17.2. The first-order valence-corrected chi connectivity index (χ1v) is 8.84. The predicted octanol–water partition coefficient (Wildman–Crippen LogP) is 2.35. The van der Waals surface area contributed by atoms with E-state index in [-0.39, 0.29) is 35.9 Å². The Bertz CT molecular complexity index is 522. The maximum absolute atomic E-state index is 13.2. The highest BCUT2D eigenvalue weighted by Crippen LogP contribution is 2.09. The maximum Gasteiger partial charge on any atom is 0.191 e. The summed E-state index contributed by atoms with van der Waals surface area (Å²) >= 11 is 0. The van der Waals surface area contributed by atoms with Crippen molar-refractivity contribution in [1.29, 1.82) is 0 Å². The Balaban J connectivity index is 0.00000312. The van der Waals surface area contributed by atoms with Crippen molar-refractivity contribution in [2.75, 3.05) is 32.7 Å². The van der Waals surface area contributed by atoms with Crippen LogP contribution in [0.5, 0.6) is 0 Å². The molecule has 1 aromatic rings. The Morgan fingerprint density at radius 3 is 2.76 bits per heavy atom. The Hall–Kier alpha value is -0.930. The van der Waals surface area contributed by atoms with Crippen LogP contribution in [-0.4, -0.2) is 54.8 Å². The molecule has 1 fully saturated rings. The van der Waals surface area contributed by atoms with Gasteiger partial charge in [0, 0.05) is 26.2 Å². The number of rotatable bonds is 7. The minimum absolute atomic E-state index is 0. The van der Waals surface area contributed by atoms with E-state index in [1.807, 2.05) is 13.0 Å². The molecule has 0 aliphatic carbocycles. The zero-order valence-electron chi connectivity index (χ0n) is 14.9. The summed E-state index contributed by atoms with van der Waals surface area (Å²) in [5.41, 5.74) is 0.860. The molecule has 5 nitrogen and oxygen atoms in total. The molecule has 1 aliphatic heterocycles. The van der Waals surface area contributed by atoms with Gasteiger partial charge in [-0.15, -0.1) is 24.0 Å². The molecule has 0 spiro atoms. The van der Waals surface area contributed by atoms with E-state index in [0.717, 1.165) is 63.5 Å². The average molecular weight is 464 g/mol. The highest BCUT2D eigenvalue weighted by molar-refractivity contribution is 14.0. The van der Waals surface area contributed by atoms with Crippen LogP contribution < -0.4 is 10.6 Å². The largest absolute Gasteiger partial charge is 0.393 e. The van der Waals surface area contributed by atoms with Crippen molar-refractivity contribution in [2.24, 2.45) is 4.99 Å². The number of halogens is 2. The van der Waals surface area contributed by atoms with Gasteiger partial charge < -0.3 is 20.6 Å². The molecular formula is C18H30FIN4O. The van der Waals surface area contributed by atoms with E-state index < -0.39 is 0 Å². The van der Waals surface area contributed by atoms with Crippen molar-refractivity contribution in [2.45, 2.75) is 38.8 Å². The molecular weight excluding hydrogens is 434 g/mol. The van der Waals surface area contributed by atoms with E-state index in [9.17, 15) is 9.50 Å². The molecule has 0 unspecified atom stereocenters. The van der Waals surface area contributed by atoms with Crippen LogP contribution in [-0.2, 0) is 6.54 Å². The van der Waals surface area contributed by atoms with Crippen LogP contribution in [0.2, 0.25) is 0 Å². The molecule has 142 valence electrons. The molecule has 3 N–H and O–H groups in total. The first-order chi connectivity index (χ1) is 11.7. The average Bonchev–Trinajstić information content (AvgIpc) is 2.58. The molecule has 0 aromatic heterocycles. The fourth-order valence-corrected chi connectivity index (χ4v) is 2.80. The maximum atomic E-state index is 13.2. The summed E-state index contributed by atoms with van der Waals surface area (Å²) in [7, 11) is 0. The lowest BCUT2D eigenvalue weighted by Crippen LogP contribution is -2.40. The fourth-order valence-electron chi connectivity index (χ4n) is 2.80. The highest BCUT2D eigenvalue weighted by atomic mass is 127. The Morgan fingerprint density at radius 2 is 2.08 bits per heavy atom. The second-order valence-electron chi connectivity index (χ2n) is 6.18. The second kappa shape index (κ2) is 12.4. The third-order valence-electron chi connectivity index (χ3n) is 4.15. The SMILES string of the molecule is CCNC(=NCc1cccc(F)c1)NCCCN1CCC(O)CC1.I. The van der Waals surface area contributed by atoms with Gasteiger partial charge in [-0.3, -0.25) is 0 Å². The van der Waals surface area contributed by atoms with Crippen molar-refractivity contribution in [3.8, 4) is 0 Å². The molecule has 1 aliphatic rings. The van der Waals surface area contributed by atoms with Crippen LogP contribution >= 0.6 is 24.0 Å². The molecule has 1 heterocycles. The van der Waals surface area contributed by atoms with Crippen molar-refractivity contribution in [1.82, 2.24) is 15.5 Å². The van der Waals surface area contributed by atoms with E-state index >= 15 is 0 Å². The molecule has 1 aromatic carbocycles. The summed E-state index contributed by atoms with van der Waals surface area (Å²) in [5, 5.41) is 16.0. The van der Waals surface area contributed by atoms with E-state index in [4.69, 9.17) is 0 Å². The molecule has 25 heavy (non-hydrogen) atoms. The fraction of sp³-hybridized carbons (Fsp3) is 0.611. The summed E-state index contributed by atoms with van der Waals surface area (Å²) in [6.07, 6.45) is 2.67.